The highest BCUT2D eigenvalue weighted by molar-refractivity contribution is 5.95. The fraction of sp³-hybridized carbons (Fsp3) is 0.467. The zero-order chi connectivity index (χ0) is 15.6. The molecule has 0 saturated carbocycles. The number of nitrogens with one attached hydrogen (secondary N) is 1. The molecule has 1 aromatic carbocycles. The van der Waals surface area contributed by atoms with Gasteiger partial charge in [0.2, 0.25) is 0 Å². The lowest BCUT2D eigenvalue weighted by Crippen LogP contribution is -2.47. The molecule has 21 heavy (non-hydrogen) atoms. The van der Waals surface area contributed by atoms with E-state index in [1.165, 1.54) is 0 Å². The van der Waals surface area contributed by atoms with Gasteiger partial charge in [0.1, 0.15) is 12.2 Å². The predicted molar refractivity (Wildman–Crippen MR) is 78.1 cm³/mol. The summed E-state index contributed by atoms with van der Waals surface area (Å²) in [6.45, 7) is 5.37. The molecule has 0 aliphatic carbocycles. The van der Waals surface area contributed by atoms with Crippen molar-refractivity contribution in [3.05, 3.63) is 36.8 Å². The molecular weight excluding hydrogens is 272 g/mol. The Balaban J connectivity index is 2.09. The number of aliphatic hydroxyl groups is 2. The summed E-state index contributed by atoms with van der Waals surface area (Å²) >= 11 is 0. The fourth-order valence-electron chi connectivity index (χ4n) is 2.27. The largest absolute Gasteiger partial charge is 0.394 e. The number of aliphatic hydroxyl groups excluding tert-OH is 2. The zero-order valence-electron chi connectivity index (χ0n) is 12.1. The minimum atomic E-state index is -1.04. The summed E-state index contributed by atoms with van der Waals surface area (Å²) in [4.78, 5) is 14.1. The van der Waals surface area contributed by atoms with Crippen LogP contribution >= 0.6 is 0 Å². The van der Waals surface area contributed by atoms with Gasteiger partial charge in [-0.15, -0.1) is 0 Å². The molecule has 1 fully saturated rings. The lowest BCUT2D eigenvalue weighted by molar-refractivity contribution is -0.0114. The normalized spacial score (nSPS) is 28.4. The van der Waals surface area contributed by atoms with Crippen LogP contribution in [0.15, 0.2) is 24.3 Å². The van der Waals surface area contributed by atoms with Crippen LogP contribution in [0.1, 0.15) is 10.4 Å². The van der Waals surface area contributed by atoms with Crippen LogP contribution in [0.5, 0.6) is 0 Å². The maximum Gasteiger partial charge on any atom is 0.251 e. The highest BCUT2D eigenvalue weighted by Gasteiger charge is 2.41. The Morgan fingerprint density at radius 3 is 2.76 bits per heavy atom. The predicted octanol–water partition coefficient (Wildman–Crippen LogP) is -0.317. The van der Waals surface area contributed by atoms with Gasteiger partial charge < -0.3 is 25.2 Å². The van der Waals surface area contributed by atoms with E-state index in [0.29, 0.717) is 5.56 Å². The zero-order valence-corrected chi connectivity index (χ0v) is 12.1. The molecule has 3 N–H and O–H groups in total. The van der Waals surface area contributed by atoms with E-state index in [4.69, 9.17) is 16.8 Å². The van der Waals surface area contributed by atoms with E-state index in [9.17, 15) is 9.90 Å². The van der Waals surface area contributed by atoms with Gasteiger partial charge >= 0.3 is 0 Å². The molecule has 1 aliphatic rings. The number of hydrogen-bond donors (Lipinski definition) is 3. The number of benzene rings is 1. The number of amides is 1. The maximum atomic E-state index is 12.2. The maximum absolute atomic E-state index is 12.2. The molecule has 0 spiro atoms. The quantitative estimate of drug-likeness (QED) is 0.709. The first kappa shape index (κ1) is 15.8. The standard InChI is InChI=1S/C15H20N2O4/c1-9-13(14(19)12(8-18)21-9)16-15(20)10-5-4-6-11(7-10)17(2)3/h1,4-7,9,12-14,18-19H,8H2,2-3H3,(H,16,20)/t9-,12+,13?,14-/m0/s1. The first-order valence-electron chi connectivity index (χ1n) is 6.72. The van der Waals surface area contributed by atoms with Crippen LogP contribution in [0.3, 0.4) is 0 Å². The molecule has 1 amide bonds. The molecular formula is C15H20N2O4. The second-order valence-corrected chi connectivity index (χ2v) is 5.26. The van der Waals surface area contributed by atoms with Crippen LogP contribution in [-0.2, 0) is 4.74 Å². The van der Waals surface area contributed by atoms with Crippen LogP contribution in [0, 0.1) is 6.92 Å². The van der Waals surface area contributed by atoms with E-state index in [1.807, 2.05) is 25.1 Å². The summed E-state index contributed by atoms with van der Waals surface area (Å²) in [5.41, 5.74) is 1.36. The smallest absolute Gasteiger partial charge is 0.251 e. The number of carbonyl (C=O) groups is 1. The Kier molecular flexibility index (Phi) is 4.82. The molecule has 0 bridgehead atoms. The van der Waals surface area contributed by atoms with E-state index in [1.54, 1.807) is 18.2 Å². The van der Waals surface area contributed by atoms with Gasteiger partial charge in [-0.3, -0.25) is 4.79 Å². The highest BCUT2D eigenvalue weighted by atomic mass is 16.5. The molecule has 1 aromatic rings. The third-order valence-corrected chi connectivity index (χ3v) is 3.54. The summed E-state index contributed by atoms with van der Waals surface area (Å²) < 4.78 is 5.19. The number of hydrogen-bond acceptors (Lipinski definition) is 5. The van der Waals surface area contributed by atoms with Crippen molar-refractivity contribution < 1.29 is 19.7 Å². The van der Waals surface area contributed by atoms with E-state index >= 15 is 0 Å². The minimum absolute atomic E-state index is 0.347. The van der Waals surface area contributed by atoms with Gasteiger partial charge in [-0.05, 0) is 25.1 Å². The van der Waals surface area contributed by atoms with E-state index < -0.39 is 24.4 Å². The third-order valence-electron chi connectivity index (χ3n) is 3.54. The van der Waals surface area contributed by atoms with Crippen LogP contribution in [0.2, 0.25) is 0 Å². The Labute approximate surface area is 124 Å². The SMILES string of the molecule is [CH][C@@H]1O[C@H](CO)[C@H](O)C1NC(=O)c1cccc(N(C)C)c1. The van der Waals surface area contributed by atoms with Gasteiger partial charge in [-0.25, -0.2) is 0 Å². The van der Waals surface area contributed by atoms with Crippen molar-refractivity contribution in [2.24, 2.45) is 0 Å². The summed E-state index contributed by atoms with van der Waals surface area (Å²) in [6.07, 6.45) is -2.66. The van der Waals surface area contributed by atoms with Crippen molar-refractivity contribution in [1.82, 2.24) is 5.32 Å². The second kappa shape index (κ2) is 6.43. The number of rotatable bonds is 4. The molecule has 1 heterocycles. The van der Waals surface area contributed by atoms with Crippen molar-refractivity contribution in [1.29, 1.82) is 0 Å². The molecule has 1 saturated heterocycles. The average Bonchev–Trinajstić information content (AvgIpc) is 2.74. The van der Waals surface area contributed by atoms with Crippen molar-refractivity contribution in [3.63, 3.8) is 0 Å². The van der Waals surface area contributed by atoms with Gasteiger partial charge in [0.05, 0.1) is 18.8 Å². The first-order chi connectivity index (χ1) is 9.93. The number of ether oxygens (including phenoxy) is 1. The molecule has 2 radical (unpaired) electrons. The Morgan fingerprint density at radius 1 is 1.48 bits per heavy atom. The number of anilines is 1. The van der Waals surface area contributed by atoms with Crippen molar-refractivity contribution in [3.8, 4) is 0 Å². The number of nitrogens with zero attached hydrogens (tertiary/aromatic N) is 1. The summed E-state index contributed by atoms with van der Waals surface area (Å²) in [5, 5.41) is 21.7. The van der Waals surface area contributed by atoms with E-state index in [2.05, 4.69) is 5.32 Å². The van der Waals surface area contributed by atoms with Gasteiger partial charge in [0.25, 0.3) is 5.91 Å². The lowest BCUT2D eigenvalue weighted by Gasteiger charge is -2.20. The lowest BCUT2D eigenvalue weighted by atomic mass is 10.0. The van der Waals surface area contributed by atoms with Crippen molar-refractivity contribution in [2.45, 2.75) is 24.4 Å². The van der Waals surface area contributed by atoms with E-state index in [0.717, 1.165) is 5.69 Å². The van der Waals surface area contributed by atoms with Gasteiger partial charge in [0, 0.05) is 25.3 Å². The highest BCUT2D eigenvalue weighted by Crippen LogP contribution is 2.21. The Hall–Kier alpha value is -1.63. The molecule has 4 atom stereocenters. The number of carbonyl (C=O) groups excluding carboxylic acids is 1. The van der Waals surface area contributed by atoms with Crippen LogP contribution < -0.4 is 10.2 Å². The van der Waals surface area contributed by atoms with Crippen LogP contribution in [0.25, 0.3) is 0 Å². The second-order valence-electron chi connectivity index (χ2n) is 5.26. The average molecular weight is 292 g/mol. The first-order valence-corrected chi connectivity index (χ1v) is 6.72. The molecule has 0 aromatic heterocycles. The van der Waals surface area contributed by atoms with Crippen molar-refractivity contribution in [2.75, 3.05) is 25.6 Å². The molecule has 1 aliphatic heterocycles. The van der Waals surface area contributed by atoms with Crippen LogP contribution in [0.4, 0.5) is 5.69 Å². The van der Waals surface area contributed by atoms with Gasteiger partial charge in [-0.2, -0.15) is 0 Å². The fourth-order valence-corrected chi connectivity index (χ4v) is 2.27. The summed E-state index contributed by atoms with van der Waals surface area (Å²) in [6, 6.07) is 6.34. The molecule has 1 unspecified atom stereocenters. The molecule has 6 heteroatoms. The molecule has 2 rings (SSSR count). The van der Waals surface area contributed by atoms with Gasteiger partial charge in [-0.1, -0.05) is 6.07 Å². The molecule has 114 valence electrons. The molecule has 6 nitrogen and oxygen atoms in total. The van der Waals surface area contributed by atoms with E-state index in [-0.39, 0.29) is 12.5 Å². The monoisotopic (exact) mass is 292 g/mol. The minimum Gasteiger partial charge on any atom is -0.394 e. The Morgan fingerprint density at radius 2 is 2.19 bits per heavy atom. The topological polar surface area (TPSA) is 82.0 Å². The van der Waals surface area contributed by atoms with Crippen molar-refractivity contribution >= 4 is 11.6 Å². The van der Waals surface area contributed by atoms with Crippen LogP contribution in [-0.4, -0.2) is 61.2 Å². The third kappa shape index (κ3) is 3.34. The summed E-state index contributed by atoms with van der Waals surface area (Å²) in [5.74, 6) is -0.347. The Bertz CT molecular complexity index is 506. The van der Waals surface area contributed by atoms with Gasteiger partial charge in [0.15, 0.2) is 0 Å². The summed E-state index contributed by atoms with van der Waals surface area (Å²) in [7, 11) is 3.76.